The molecular formula is C13H21NO3. The lowest BCUT2D eigenvalue weighted by Gasteiger charge is -2.16. The minimum absolute atomic E-state index is 0.0116. The summed E-state index contributed by atoms with van der Waals surface area (Å²) in [6.45, 7) is 0.807. The summed E-state index contributed by atoms with van der Waals surface area (Å²) < 4.78 is 0. The molecule has 17 heavy (non-hydrogen) atoms. The van der Waals surface area contributed by atoms with Crippen molar-refractivity contribution < 1.29 is 14.7 Å². The predicted octanol–water partition coefficient (Wildman–Crippen LogP) is 1.79. The average molecular weight is 239 g/mol. The first-order chi connectivity index (χ1) is 8.16. The van der Waals surface area contributed by atoms with Gasteiger partial charge in [0, 0.05) is 19.4 Å². The Morgan fingerprint density at radius 3 is 2.18 bits per heavy atom. The van der Waals surface area contributed by atoms with Gasteiger partial charge in [0.05, 0.1) is 0 Å². The second-order valence-corrected chi connectivity index (χ2v) is 5.39. The largest absolute Gasteiger partial charge is 0.481 e. The fourth-order valence-corrected chi connectivity index (χ4v) is 2.49. The molecule has 0 saturated heterocycles. The molecule has 2 aliphatic rings. The molecule has 1 amide bonds. The molecule has 2 fully saturated rings. The molecule has 0 bridgehead atoms. The number of rotatable bonds is 8. The highest BCUT2D eigenvalue weighted by Crippen LogP contribution is 2.48. The highest BCUT2D eigenvalue weighted by Gasteiger charge is 2.41. The first-order valence-electron chi connectivity index (χ1n) is 6.65. The van der Waals surface area contributed by atoms with Crippen LogP contribution in [-0.4, -0.2) is 23.5 Å². The fraction of sp³-hybridized carbons (Fsp3) is 0.846. The molecule has 0 aromatic rings. The second-order valence-electron chi connectivity index (χ2n) is 5.39. The van der Waals surface area contributed by atoms with Crippen LogP contribution in [0.15, 0.2) is 0 Å². The number of carbonyl (C=O) groups is 2. The van der Waals surface area contributed by atoms with Crippen LogP contribution < -0.4 is 5.32 Å². The number of nitrogens with one attached hydrogen (secondary N) is 1. The molecule has 0 heterocycles. The van der Waals surface area contributed by atoms with Crippen molar-refractivity contribution in [2.45, 2.75) is 44.9 Å². The van der Waals surface area contributed by atoms with Crippen molar-refractivity contribution in [2.24, 2.45) is 17.8 Å². The van der Waals surface area contributed by atoms with E-state index in [1.54, 1.807) is 0 Å². The highest BCUT2D eigenvalue weighted by atomic mass is 16.4. The van der Waals surface area contributed by atoms with E-state index >= 15 is 0 Å². The topological polar surface area (TPSA) is 66.4 Å². The fourth-order valence-electron chi connectivity index (χ4n) is 2.49. The first-order valence-corrected chi connectivity index (χ1v) is 6.65. The van der Waals surface area contributed by atoms with Crippen molar-refractivity contribution in [2.75, 3.05) is 6.54 Å². The summed E-state index contributed by atoms with van der Waals surface area (Å²) >= 11 is 0. The Kier molecular flexibility index (Phi) is 4.02. The van der Waals surface area contributed by atoms with Crippen molar-refractivity contribution in [1.82, 2.24) is 5.32 Å². The summed E-state index contributed by atoms with van der Waals surface area (Å²) in [5, 5.41) is 11.4. The summed E-state index contributed by atoms with van der Waals surface area (Å²) in [6, 6.07) is 0. The maximum absolute atomic E-state index is 11.5. The lowest BCUT2D eigenvalue weighted by atomic mass is 9.98. The van der Waals surface area contributed by atoms with Gasteiger partial charge in [-0.1, -0.05) is 0 Å². The van der Waals surface area contributed by atoms with Gasteiger partial charge in [-0.3, -0.25) is 9.59 Å². The second kappa shape index (κ2) is 5.52. The maximum Gasteiger partial charge on any atom is 0.303 e. The van der Waals surface area contributed by atoms with Crippen molar-refractivity contribution in [3.05, 3.63) is 0 Å². The zero-order valence-corrected chi connectivity index (χ0v) is 10.2. The molecule has 0 aliphatic heterocycles. The number of carboxylic acids is 1. The molecule has 2 rings (SSSR count). The Labute approximate surface area is 102 Å². The number of hydrogen-bond acceptors (Lipinski definition) is 2. The number of hydrogen-bond donors (Lipinski definition) is 2. The monoisotopic (exact) mass is 239 g/mol. The van der Waals surface area contributed by atoms with Gasteiger partial charge in [-0.05, 0) is 49.9 Å². The molecule has 0 atom stereocenters. The number of carbonyl (C=O) groups excluding carboxylic acids is 1. The normalized spacial score (nSPS) is 19.4. The maximum atomic E-state index is 11.5. The molecule has 2 saturated carbocycles. The lowest BCUT2D eigenvalue weighted by molar-refractivity contribution is -0.137. The Hall–Kier alpha value is -1.06. The zero-order chi connectivity index (χ0) is 12.3. The summed E-state index contributed by atoms with van der Waals surface area (Å²) in [4.78, 5) is 21.8. The van der Waals surface area contributed by atoms with Gasteiger partial charge >= 0.3 is 5.97 Å². The minimum Gasteiger partial charge on any atom is -0.481 e. The third kappa shape index (κ3) is 4.36. The van der Waals surface area contributed by atoms with E-state index in [0.717, 1.165) is 18.4 Å². The summed E-state index contributed by atoms with van der Waals surface area (Å²) in [5.74, 6) is 1.58. The average Bonchev–Trinajstić information content (AvgIpc) is 3.12. The number of carboxylic acid groups (broad SMARTS) is 1. The van der Waals surface area contributed by atoms with Crippen LogP contribution in [0.4, 0.5) is 0 Å². The standard InChI is InChI=1S/C13H21NO3/c15-12(2-1-3-13(16)17)14-8-11(9-4-5-9)10-6-7-10/h9-11H,1-8H2,(H,14,15)(H,16,17). The van der Waals surface area contributed by atoms with E-state index in [-0.39, 0.29) is 12.3 Å². The third-order valence-corrected chi connectivity index (χ3v) is 3.78. The summed E-state index contributed by atoms with van der Waals surface area (Å²) in [5.41, 5.74) is 0. The van der Waals surface area contributed by atoms with E-state index in [2.05, 4.69) is 5.32 Å². The van der Waals surface area contributed by atoms with Crippen LogP contribution in [0.25, 0.3) is 0 Å². The van der Waals surface area contributed by atoms with Crippen LogP contribution in [0, 0.1) is 17.8 Å². The summed E-state index contributed by atoms with van der Waals surface area (Å²) in [7, 11) is 0. The Bertz CT molecular complexity index is 283. The molecular weight excluding hydrogens is 218 g/mol. The third-order valence-electron chi connectivity index (χ3n) is 3.78. The van der Waals surface area contributed by atoms with Crippen LogP contribution in [0.2, 0.25) is 0 Å². The lowest BCUT2D eigenvalue weighted by Crippen LogP contribution is -2.31. The Balaban J connectivity index is 1.59. The quantitative estimate of drug-likeness (QED) is 0.678. The van der Waals surface area contributed by atoms with Crippen molar-refractivity contribution in [1.29, 1.82) is 0 Å². The van der Waals surface area contributed by atoms with Crippen LogP contribution in [0.1, 0.15) is 44.9 Å². The van der Waals surface area contributed by atoms with E-state index in [4.69, 9.17) is 5.11 Å². The molecule has 96 valence electrons. The summed E-state index contributed by atoms with van der Waals surface area (Å²) in [6.07, 6.45) is 6.19. The van der Waals surface area contributed by atoms with Crippen molar-refractivity contribution >= 4 is 11.9 Å². The van der Waals surface area contributed by atoms with Gasteiger partial charge in [0.2, 0.25) is 5.91 Å². The van der Waals surface area contributed by atoms with Gasteiger partial charge in [-0.15, -0.1) is 0 Å². The minimum atomic E-state index is -0.827. The van der Waals surface area contributed by atoms with E-state index < -0.39 is 5.97 Å². The molecule has 0 aromatic carbocycles. The SMILES string of the molecule is O=C(O)CCCC(=O)NCC(C1CC1)C1CC1. The van der Waals surface area contributed by atoms with Gasteiger partial charge in [0.25, 0.3) is 0 Å². The smallest absolute Gasteiger partial charge is 0.303 e. The zero-order valence-electron chi connectivity index (χ0n) is 10.2. The molecule has 4 heteroatoms. The Morgan fingerprint density at radius 2 is 1.71 bits per heavy atom. The first kappa shape index (κ1) is 12.4. The molecule has 0 spiro atoms. The van der Waals surface area contributed by atoms with Crippen LogP contribution in [0.5, 0.6) is 0 Å². The van der Waals surface area contributed by atoms with Crippen LogP contribution >= 0.6 is 0 Å². The number of aliphatic carboxylic acids is 1. The molecule has 2 aliphatic carbocycles. The van der Waals surface area contributed by atoms with Gasteiger partial charge < -0.3 is 10.4 Å². The number of amides is 1. The van der Waals surface area contributed by atoms with Gasteiger partial charge in [0.1, 0.15) is 0 Å². The molecule has 4 nitrogen and oxygen atoms in total. The van der Waals surface area contributed by atoms with E-state index in [0.29, 0.717) is 18.8 Å². The molecule has 0 radical (unpaired) electrons. The molecule has 0 unspecified atom stereocenters. The predicted molar refractivity (Wildman–Crippen MR) is 63.4 cm³/mol. The van der Waals surface area contributed by atoms with Crippen LogP contribution in [0.3, 0.4) is 0 Å². The molecule has 0 aromatic heterocycles. The van der Waals surface area contributed by atoms with E-state index in [9.17, 15) is 9.59 Å². The molecule has 2 N–H and O–H groups in total. The van der Waals surface area contributed by atoms with Gasteiger partial charge in [-0.2, -0.15) is 0 Å². The van der Waals surface area contributed by atoms with Gasteiger partial charge in [-0.25, -0.2) is 0 Å². The van der Waals surface area contributed by atoms with E-state index in [1.807, 2.05) is 0 Å². The highest BCUT2D eigenvalue weighted by molar-refractivity contribution is 5.76. The van der Waals surface area contributed by atoms with Crippen molar-refractivity contribution in [3.63, 3.8) is 0 Å². The van der Waals surface area contributed by atoms with E-state index in [1.165, 1.54) is 25.7 Å². The Morgan fingerprint density at radius 1 is 1.12 bits per heavy atom. The van der Waals surface area contributed by atoms with Crippen LogP contribution in [-0.2, 0) is 9.59 Å². The van der Waals surface area contributed by atoms with Crippen molar-refractivity contribution in [3.8, 4) is 0 Å². The van der Waals surface area contributed by atoms with Gasteiger partial charge in [0.15, 0.2) is 0 Å².